The molecule has 0 bridgehead atoms. The van der Waals surface area contributed by atoms with Crippen molar-refractivity contribution < 1.29 is 4.74 Å². The molecule has 0 saturated carbocycles. The van der Waals surface area contributed by atoms with Gasteiger partial charge in [0.15, 0.2) is 6.23 Å². The molecule has 2 aliphatic heterocycles. The Kier molecular flexibility index (Phi) is 2.17. The van der Waals surface area contributed by atoms with Crippen LogP contribution in [0.25, 0.3) is 0 Å². The molecule has 2 nitrogen and oxygen atoms in total. The first-order valence-electron chi connectivity index (χ1n) is 6.48. The lowest BCUT2D eigenvalue weighted by atomic mass is 9.96. The first kappa shape index (κ1) is 10.2. The van der Waals surface area contributed by atoms with Gasteiger partial charge in [-0.15, -0.1) is 0 Å². The molecule has 0 N–H and O–H groups in total. The molecule has 2 heteroatoms. The van der Waals surface area contributed by atoms with Crippen LogP contribution in [-0.4, -0.2) is 11.4 Å². The maximum absolute atomic E-state index is 6.19. The minimum Gasteiger partial charge on any atom is -0.471 e. The van der Waals surface area contributed by atoms with Gasteiger partial charge < -0.3 is 4.74 Å². The molecule has 0 fully saturated rings. The van der Waals surface area contributed by atoms with E-state index in [1.807, 2.05) is 6.07 Å². The zero-order valence-corrected chi connectivity index (χ0v) is 10.2. The van der Waals surface area contributed by atoms with E-state index in [9.17, 15) is 0 Å². The molecule has 2 heterocycles. The summed E-state index contributed by atoms with van der Waals surface area (Å²) in [5.74, 6) is 1.04. The fraction of sp³-hybridized carbons (Fsp3) is 0.250. The normalized spacial score (nSPS) is 21.4. The average Bonchev–Trinajstić information content (AvgIpc) is 2.45. The predicted molar refractivity (Wildman–Crippen MR) is 70.4 cm³/mol. The Labute approximate surface area is 107 Å². The van der Waals surface area contributed by atoms with Gasteiger partial charge in [-0.2, -0.15) is 0 Å². The van der Waals surface area contributed by atoms with Gasteiger partial charge in [-0.1, -0.05) is 42.5 Å². The summed E-state index contributed by atoms with van der Waals surface area (Å²) in [6.45, 7) is 2.07. The number of para-hydroxylation sites is 1. The molecule has 0 amide bonds. The van der Waals surface area contributed by atoms with Crippen molar-refractivity contribution in [3.63, 3.8) is 0 Å². The number of ether oxygens (including phenoxy) is 1. The lowest BCUT2D eigenvalue weighted by Crippen LogP contribution is -2.40. The maximum atomic E-state index is 6.19. The van der Waals surface area contributed by atoms with E-state index in [0.29, 0.717) is 0 Å². The van der Waals surface area contributed by atoms with Gasteiger partial charge in [-0.25, -0.2) is 0 Å². The standard InChI is InChI=1S/C16H15NO/c1-3-7-14-12(5-1)9-10-17-11-13-6-2-4-8-15(13)18-16(14)17/h1-8,16H,9-11H2. The van der Waals surface area contributed by atoms with Crippen LogP contribution in [0.1, 0.15) is 22.9 Å². The largest absolute Gasteiger partial charge is 0.471 e. The summed E-state index contributed by atoms with van der Waals surface area (Å²) >= 11 is 0. The first-order chi connectivity index (χ1) is 8.92. The molecule has 0 aromatic heterocycles. The van der Waals surface area contributed by atoms with Crippen LogP contribution in [0.2, 0.25) is 0 Å². The Balaban J connectivity index is 1.79. The highest BCUT2D eigenvalue weighted by atomic mass is 16.5. The molecule has 0 radical (unpaired) electrons. The van der Waals surface area contributed by atoms with Crippen molar-refractivity contribution in [3.05, 3.63) is 65.2 Å². The predicted octanol–water partition coefficient (Wildman–Crippen LogP) is 3.14. The van der Waals surface area contributed by atoms with Gasteiger partial charge >= 0.3 is 0 Å². The molecule has 0 saturated heterocycles. The summed E-state index contributed by atoms with van der Waals surface area (Å²) in [6, 6.07) is 17.0. The third kappa shape index (κ3) is 1.46. The summed E-state index contributed by atoms with van der Waals surface area (Å²) in [5, 5.41) is 0. The highest BCUT2D eigenvalue weighted by Gasteiger charge is 2.32. The third-order valence-corrected chi connectivity index (χ3v) is 3.91. The Morgan fingerprint density at radius 3 is 2.67 bits per heavy atom. The molecular formula is C16H15NO. The fourth-order valence-corrected chi connectivity index (χ4v) is 2.97. The lowest BCUT2D eigenvalue weighted by molar-refractivity contribution is -0.0102. The summed E-state index contributed by atoms with van der Waals surface area (Å²) in [4.78, 5) is 2.42. The Bertz CT molecular complexity index is 593. The number of rotatable bonds is 0. The Morgan fingerprint density at radius 2 is 1.72 bits per heavy atom. The van der Waals surface area contributed by atoms with E-state index in [0.717, 1.165) is 25.3 Å². The molecule has 4 rings (SSSR count). The van der Waals surface area contributed by atoms with Crippen LogP contribution < -0.4 is 4.74 Å². The van der Waals surface area contributed by atoms with Gasteiger partial charge in [0.1, 0.15) is 5.75 Å². The molecule has 2 aromatic rings. The second kappa shape index (κ2) is 3.85. The minimum absolute atomic E-state index is 0.102. The van der Waals surface area contributed by atoms with Crippen molar-refractivity contribution in [2.24, 2.45) is 0 Å². The molecule has 2 aromatic carbocycles. The van der Waals surface area contributed by atoms with Crippen LogP contribution in [0.3, 0.4) is 0 Å². The highest BCUT2D eigenvalue weighted by Crippen LogP contribution is 2.38. The van der Waals surface area contributed by atoms with E-state index in [1.165, 1.54) is 16.7 Å². The average molecular weight is 237 g/mol. The topological polar surface area (TPSA) is 12.5 Å². The zero-order chi connectivity index (χ0) is 11.9. The number of hydrogen-bond acceptors (Lipinski definition) is 2. The van der Waals surface area contributed by atoms with Crippen molar-refractivity contribution in [2.45, 2.75) is 19.2 Å². The van der Waals surface area contributed by atoms with Gasteiger partial charge in [-0.05, 0) is 18.1 Å². The summed E-state index contributed by atoms with van der Waals surface area (Å²) in [5.41, 5.74) is 4.06. The molecular weight excluding hydrogens is 222 g/mol. The van der Waals surface area contributed by atoms with Crippen molar-refractivity contribution in [3.8, 4) is 5.75 Å². The Morgan fingerprint density at radius 1 is 0.944 bits per heavy atom. The lowest BCUT2D eigenvalue weighted by Gasteiger charge is -2.41. The van der Waals surface area contributed by atoms with Crippen LogP contribution in [0.4, 0.5) is 0 Å². The smallest absolute Gasteiger partial charge is 0.179 e. The molecule has 1 atom stereocenters. The highest BCUT2D eigenvalue weighted by molar-refractivity contribution is 5.39. The van der Waals surface area contributed by atoms with Crippen LogP contribution in [-0.2, 0) is 13.0 Å². The molecule has 0 spiro atoms. The monoisotopic (exact) mass is 237 g/mol. The second-order valence-corrected chi connectivity index (χ2v) is 5.00. The van der Waals surface area contributed by atoms with Crippen molar-refractivity contribution in [1.82, 2.24) is 4.90 Å². The summed E-state index contributed by atoms with van der Waals surface area (Å²) in [7, 11) is 0. The minimum atomic E-state index is 0.102. The van der Waals surface area contributed by atoms with Gasteiger partial charge in [-0.3, -0.25) is 4.90 Å². The van der Waals surface area contributed by atoms with Crippen molar-refractivity contribution in [1.29, 1.82) is 0 Å². The number of fused-ring (bicyclic) bond motifs is 4. The van der Waals surface area contributed by atoms with Crippen molar-refractivity contribution in [2.75, 3.05) is 6.54 Å². The van der Waals surface area contributed by atoms with Crippen LogP contribution >= 0.6 is 0 Å². The van der Waals surface area contributed by atoms with Gasteiger partial charge in [0.25, 0.3) is 0 Å². The SMILES string of the molecule is c1ccc2c(c1)CN1CCc3ccccc3C1O2. The molecule has 0 aliphatic carbocycles. The molecule has 2 aliphatic rings. The van der Waals surface area contributed by atoms with Gasteiger partial charge in [0, 0.05) is 24.2 Å². The quantitative estimate of drug-likeness (QED) is 0.698. The van der Waals surface area contributed by atoms with E-state index >= 15 is 0 Å². The van der Waals surface area contributed by atoms with Crippen LogP contribution in [0, 0.1) is 0 Å². The second-order valence-electron chi connectivity index (χ2n) is 5.00. The fourth-order valence-electron chi connectivity index (χ4n) is 2.97. The van der Waals surface area contributed by atoms with Crippen molar-refractivity contribution >= 4 is 0 Å². The summed E-state index contributed by atoms with van der Waals surface area (Å²) < 4.78 is 6.19. The van der Waals surface area contributed by atoms with Crippen LogP contribution in [0.5, 0.6) is 5.75 Å². The summed E-state index contributed by atoms with van der Waals surface area (Å²) in [6.07, 6.45) is 1.22. The van der Waals surface area contributed by atoms with E-state index in [2.05, 4.69) is 47.4 Å². The molecule has 1 unspecified atom stereocenters. The Hall–Kier alpha value is -1.80. The molecule has 18 heavy (non-hydrogen) atoms. The first-order valence-corrected chi connectivity index (χ1v) is 6.48. The van der Waals surface area contributed by atoms with E-state index in [1.54, 1.807) is 0 Å². The number of hydrogen-bond donors (Lipinski definition) is 0. The van der Waals surface area contributed by atoms with Gasteiger partial charge in [0.2, 0.25) is 0 Å². The van der Waals surface area contributed by atoms with E-state index < -0.39 is 0 Å². The third-order valence-electron chi connectivity index (χ3n) is 3.91. The number of nitrogens with zero attached hydrogens (tertiary/aromatic N) is 1. The van der Waals surface area contributed by atoms with Crippen LogP contribution in [0.15, 0.2) is 48.5 Å². The van der Waals surface area contributed by atoms with E-state index in [4.69, 9.17) is 4.74 Å². The van der Waals surface area contributed by atoms with Gasteiger partial charge in [0.05, 0.1) is 0 Å². The van der Waals surface area contributed by atoms with E-state index in [-0.39, 0.29) is 6.23 Å². The zero-order valence-electron chi connectivity index (χ0n) is 10.2. The maximum Gasteiger partial charge on any atom is 0.179 e. The molecule has 90 valence electrons. The number of benzene rings is 2.